The van der Waals surface area contributed by atoms with Gasteiger partial charge in [-0.2, -0.15) is 11.3 Å². The lowest BCUT2D eigenvalue weighted by atomic mass is 9.93. The molecule has 0 radical (unpaired) electrons. The molecule has 0 bridgehead atoms. The second-order valence-electron chi connectivity index (χ2n) is 7.44. The fourth-order valence-corrected chi connectivity index (χ4v) is 4.76. The van der Waals surface area contributed by atoms with Crippen LogP contribution in [0.15, 0.2) is 16.8 Å². The first-order chi connectivity index (χ1) is 11.7. The van der Waals surface area contributed by atoms with Gasteiger partial charge in [0.15, 0.2) is 0 Å². The van der Waals surface area contributed by atoms with Crippen molar-refractivity contribution < 1.29 is 4.79 Å². The summed E-state index contributed by atoms with van der Waals surface area (Å²) < 4.78 is 0. The maximum absolute atomic E-state index is 12.9. The van der Waals surface area contributed by atoms with Gasteiger partial charge in [-0.1, -0.05) is 12.8 Å². The van der Waals surface area contributed by atoms with Crippen LogP contribution >= 0.6 is 11.3 Å². The number of nitrogens with zero attached hydrogens (tertiary/aromatic N) is 1. The molecule has 1 aliphatic carbocycles. The van der Waals surface area contributed by atoms with Crippen LogP contribution in [-0.2, 0) is 11.3 Å². The molecule has 2 fully saturated rings. The number of hydrogen-bond donors (Lipinski definition) is 2. The molecule has 2 heterocycles. The second kappa shape index (κ2) is 8.45. The molecule has 1 aromatic heterocycles. The molecule has 1 aliphatic heterocycles. The van der Waals surface area contributed by atoms with Crippen LogP contribution in [0.1, 0.15) is 56.9 Å². The topological polar surface area (TPSA) is 58.4 Å². The standard InChI is InChI=1S/C19H31N3OS/c20-9-4-2-1-3-5-18(23)22(14-16-6-12-24-15-16)17-13-19(17)7-10-21-11-8-19/h6,12,15,17,21H,1-5,7-11,13-14,20H2. The van der Waals surface area contributed by atoms with Gasteiger partial charge in [0.05, 0.1) is 0 Å². The summed E-state index contributed by atoms with van der Waals surface area (Å²) in [6.45, 7) is 3.77. The molecule has 3 N–H and O–H groups in total. The third-order valence-corrected chi connectivity index (χ3v) is 6.45. The van der Waals surface area contributed by atoms with Crippen molar-refractivity contribution >= 4 is 17.2 Å². The fourth-order valence-electron chi connectivity index (χ4n) is 4.10. The molecule has 2 aliphatic rings. The Morgan fingerprint density at radius 3 is 2.79 bits per heavy atom. The minimum Gasteiger partial charge on any atom is -0.335 e. The molecule has 1 saturated heterocycles. The molecule has 1 unspecified atom stereocenters. The van der Waals surface area contributed by atoms with Gasteiger partial charge in [0, 0.05) is 19.0 Å². The Bertz CT molecular complexity index is 511. The molecule has 1 spiro atoms. The van der Waals surface area contributed by atoms with Crippen molar-refractivity contribution in [1.29, 1.82) is 0 Å². The van der Waals surface area contributed by atoms with Gasteiger partial charge in [0.2, 0.25) is 5.91 Å². The van der Waals surface area contributed by atoms with E-state index in [0.717, 1.165) is 51.9 Å². The molecular formula is C19H31N3OS. The van der Waals surface area contributed by atoms with Gasteiger partial charge in [-0.15, -0.1) is 0 Å². The number of carbonyl (C=O) groups excluding carboxylic acids is 1. The van der Waals surface area contributed by atoms with Gasteiger partial charge in [-0.3, -0.25) is 4.79 Å². The minimum absolute atomic E-state index is 0.356. The molecule has 3 rings (SSSR count). The summed E-state index contributed by atoms with van der Waals surface area (Å²) in [5.41, 5.74) is 7.24. The molecule has 0 aromatic carbocycles. The quantitative estimate of drug-likeness (QED) is 0.674. The fraction of sp³-hybridized carbons (Fsp3) is 0.737. The van der Waals surface area contributed by atoms with Crippen LogP contribution in [0.5, 0.6) is 0 Å². The van der Waals surface area contributed by atoms with Crippen LogP contribution in [0.2, 0.25) is 0 Å². The Morgan fingerprint density at radius 1 is 1.29 bits per heavy atom. The number of amides is 1. The maximum Gasteiger partial charge on any atom is 0.223 e. The number of piperidine rings is 1. The zero-order valence-corrected chi connectivity index (χ0v) is 15.5. The van der Waals surface area contributed by atoms with E-state index in [-0.39, 0.29) is 0 Å². The van der Waals surface area contributed by atoms with Gasteiger partial charge in [-0.25, -0.2) is 0 Å². The van der Waals surface area contributed by atoms with Crippen LogP contribution in [0.4, 0.5) is 0 Å². The average molecular weight is 350 g/mol. The lowest BCUT2D eigenvalue weighted by Gasteiger charge is -2.29. The zero-order chi connectivity index (χ0) is 16.8. The predicted octanol–water partition coefficient (Wildman–Crippen LogP) is 3.13. The van der Waals surface area contributed by atoms with Gasteiger partial charge in [-0.05, 0) is 79.5 Å². The van der Waals surface area contributed by atoms with E-state index in [1.165, 1.54) is 24.8 Å². The molecule has 5 heteroatoms. The zero-order valence-electron chi connectivity index (χ0n) is 14.6. The monoisotopic (exact) mass is 349 g/mol. The predicted molar refractivity (Wildman–Crippen MR) is 100.0 cm³/mol. The molecule has 134 valence electrons. The van der Waals surface area contributed by atoms with E-state index >= 15 is 0 Å². The van der Waals surface area contributed by atoms with Crippen LogP contribution in [0.25, 0.3) is 0 Å². The van der Waals surface area contributed by atoms with Crippen LogP contribution in [0.3, 0.4) is 0 Å². The summed E-state index contributed by atoms with van der Waals surface area (Å²) in [4.78, 5) is 15.1. The van der Waals surface area contributed by atoms with Crippen molar-refractivity contribution in [3.05, 3.63) is 22.4 Å². The first-order valence-electron chi connectivity index (χ1n) is 9.46. The van der Waals surface area contributed by atoms with E-state index in [1.54, 1.807) is 11.3 Å². The van der Waals surface area contributed by atoms with E-state index in [1.807, 2.05) is 0 Å². The summed E-state index contributed by atoms with van der Waals surface area (Å²) in [5, 5.41) is 7.75. The Balaban J connectivity index is 1.57. The lowest BCUT2D eigenvalue weighted by Crippen LogP contribution is -2.39. The van der Waals surface area contributed by atoms with Crippen molar-refractivity contribution in [2.24, 2.45) is 11.1 Å². The smallest absolute Gasteiger partial charge is 0.223 e. The molecule has 1 aromatic rings. The molecule has 1 atom stereocenters. The number of nitrogens with one attached hydrogen (secondary N) is 1. The highest BCUT2D eigenvalue weighted by atomic mass is 32.1. The maximum atomic E-state index is 12.9. The third kappa shape index (κ3) is 4.38. The van der Waals surface area contributed by atoms with Gasteiger partial charge < -0.3 is 16.0 Å². The van der Waals surface area contributed by atoms with Crippen molar-refractivity contribution in [1.82, 2.24) is 10.2 Å². The minimum atomic E-state index is 0.356. The van der Waals surface area contributed by atoms with Gasteiger partial charge in [0.25, 0.3) is 0 Å². The highest BCUT2D eigenvalue weighted by Crippen LogP contribution is 2.56. The van der Waals surface area contributed by atoms with Gasteiger partial charge >= 0.3 is 0 Å². The van der Waals surface area contributed by atoms with E-state index < -0.39 is 0 Å². The number of hydrogen-bond acceptors (Lipinski definition) is 4. The average Bonchev–Trinajstić information content (AvgIpc) is 3.03. The number of nitrogens with two attached hydrogens (primary N) is 1. The van der Waals surface area contributed by atoms with Crippen LogP contribution in [-0.4, -0.2) is 36.5 Å². The number of rotatable bonds is 9. The molecule has 4 nitrogen and oxygen atoms in total. The van der Waals surface area contributed by atoms with E-state index in [4.69, 9.17) is 5.73 Å². The van der Waals surface area contributed by atoms with Crippen molar-refractivity contribution in [3.8, 4) is 0 Å². The van der Waals surface area contributed by atoms with E-state index in [0.29, 0.717) is 23.8 Å². The first kappa shape index (κ1) is 17.9. The summed E-state index contributed by atoms with van der Waals surface area (Å²) in [6, 6.07) is 2.62. The summed E-state index contributed by atoms with van der Waals surface area (Å²) in [5.74, 6) is 0.356. The first-order valence-corrected chi connectivity index (χ1v) is 10.4. The summed E-state index contributed by atoms with van der Waals surface area (Å²) in [6.07, 6.45) is 8.69. The summed E-state index contributed by atoms with van der Waals surface area (Å²) >= 11 is 1.72. The third-order valence-electron chi connectivity index (χ3n) is 5.72. The Morgan fingerprint density at radius 2 is 2.08 bits per heavy atom. The molecule has 1 saturated carbocycles. The van der Waals surface area contributed by atoms with E-state index in [9.17, 15) is 4.79 Å². The Kier molecular flexibility index (Phi) is 6.31. The largest absolute Gasteiger partial charge is 0.335 e. The van der Waals surface area contributed by atoms with Crippen LogP contribution in [0, 0.1) is 5.41 Å². The highest BCUT2D eigenvalue weighted by Gasteiger charge is 2.57. The normalized spacial score (nSPS) is 21.8. The SMILES string of the molecule is NCCCCCCC(=O)N(Cc1ccsc1)C1CC12CCNCC2. The second-order valence-corrected chi connectivity index (χ2v) is 8.22. The van der Waals surface area contributed by atoms with Gasteiger partial charge in [0.1, 0.15) is 0 Å². The van der Waals surface area contributed by atoms with E-state index in [2.05, 4.69) is 27.0 Å². The molecule has 24 heavy (non-hydrogen) atoms. The highest BCUT2D eigenvalue weighted by molar-refractivity contribution is 7.07. The van der Waals surface area contributed by atoms with Crippen LogP contribution < -0.4 is 11.1 Å². The lowest BCUT2D eigenvalue weighted by molar-refractivity contribution is -0.133. The van der Waals surface area contributed by atoms with Crippen molar-refractivity contribution in [2.75, 3.05) is 19.6 Å². The Hall–Kier alpha value is -0.910. The van der Waals surface area contributed by atoms with Crippen molar-refractivity contribution in [3.63, 3.8) is 0 Å². The molecular weight excluding hydrogens is 318 g/mol. The number of thiophene rings is 1. The van der Waals surface area contributed by atoms with Crippen molar-refractivity contribution in [2.45, 2.75) is 64.0 Å². The number of unbranched alkanes of at least 4 members (excludes halogenated alkanes) is 3. The molecule has 1 amide bonds. The summed E-state index contributed by atoms with van der Waals surface area (Å²) in [7, 11) is 0. The number of carbonyl (C=O) groups is 1. The Labute approximate surface area is 149 Å².